The highest BCUT2D eigenvalue weighted by Crippen LogP contribution is 2.15. The standard InChI is InChI=1S/C17H29N3O.HI/c1-6-18-17(20-14(4)5)19-11-15-8-7-9-16(10-15)21-12-13(2)3;/h7-10,13-14H,6,11-12H2,1-5H3,(H2,18,19,20);1H. The maximum Gasteiger partial charge on any atom is 0.191 e. The van der Waals surface area contributed by atoms with Crippen LogP contribution in [0.25, 0.3) is 0 Å². The second kappa shape index (κ2) is 11.6. The summed E-state index contributed by atoms with van der Waals surface area (Å²) in [4.78, 5) is 4.60. The van der Waals surface area contributed by atoms with E-state index in [1.54, 1.807) is 0 Å². The van der Waals surface area contributed by atoms with Crippen molar-refractivity contribution in [2.24, 2.45) is 10.9 Å². The van der Waals surface area contributed by atoms with Crippen molar-refractivity contribution in [3.63, 3.8) is 0 Å². The summed E-state index contributed by atoms with van der Waals surface area (Å²) < 4.78 is 5.75. The molecule has 0 bridgehead atoms. The number of ether oxygens (including phenoxy) is 1. The van der Waals surface area contributed by atoms with Gasteiger partial charge in [-0.15, -0.1) is 24.0 Å². The first-order chi connectivity index (χ1) is 10.0. The smallest absolute Gasteiger partial charge is 0.191 e. The Kier molecular flexibility index (Phi) is 11.1. The largest absolute Gasteiger partial charge is 0.493 e. The maximum absolute atomic E-state index is 5.75. The molecule has 4 nitrogen and oxygen atoms in total. The van der Waals surface area contributed by atoms with Crippen LogP contribution in [0.3, 0.4) is 0 Å². The topological polar surface area (TPSA) is 45.7 Å². The average molecular weight is 419 g/mol. The molecule has 0 fully saturated rings. The number of nitrogens with zero attached hydrogens (tertiary/aromatic N) is 1. The first-order valence-electron chi connectivity index (χ1n) is 7.77. The van der Waals surface area contributed by atoms with Gasteiger partial charge in [-0.05, 0) is 44.4 Å². The lowest BCUT2D eigenvalue weighted by atomic mass is 10.2. The van der Waals surface area contributed by atoms with Gasteiger partial charge in [-0.2, -0.15) is 0 Å². The van der Waals surface area contributed by atoms with Crippen molar-refractivity contribution in [2.45, 2.75) is 47.2 Å². The molecular formula is C17H30IN3O. The van der Waals surface area contributed by atoms with E-state index in [4.69, 9.17) is 4.74 Å². The Bertz CT molecular complexity index is 447. The lowest BCUT2D eigenvalue weighted by molar-refractivity contribution is 0.271. The van der Waals surface area contributed by atoms with Crippen LogP contribution in [-0.4, -0.2) is 25.2 Å². The van der Waals surface area contributed by atoms with Gasteiger partial charge < -0.3 is 15.4 Å². The SMILES string of the molecule is CCNC(=NCc1cccc(OCC(C)C)c1)NC(C)C.I. The summed E-state index contributed by atoms with van der Waals surface area (Å²) in [6.07, 6.45) is 0. The van der Waals surface area contributed by atoms with E-state index >= 15 is 0 Å². The van der Waals surface area contributed by atoms with Crippen LogP contribution < -0.4 is 15.4 Å². The molecule has 0 aliphatic heterocycles. The average Bonchev–Trinajstić information content (AvgIpc) is 2.43. The van der Waals surface area contributed by atoms with Gasteiger partial charge in [0.25, 0.3) is 0 Å². The van der Waals surface area contributed by atoms with Crippen LogP contribution >= 0.6 is 24.0 Å². The molecule has 22 heavy (non-hydrogen) atoms. The second-order valence-corrected chi connectivity index (χ2v) is 5.85. The van der Waals surface area contributed by atoms with Crippen LogP contribution in [-0.2, 0) is 6.54 Å². The number of rotatable bonds is 7. The third kappa shape index (κ3) is 9.12. The number of aliphatic imine (C=N–C) groups is 1. The number of guanidine groups is 1. The van der Waals surface area contributed by atoms with Gasteiger partial charge >= 0.3 is 0 Å². The van der Waals surface area contributed by atoms with E-state index in [9.17, 15) is 0 Å². The Morgan fingerprint density at radius 1 is 1.23 bits per heavy atom. The summed E-state index contributed by atoms with van der Waals surface area (Å²) in [6.45, 7) is 12.8. The highest BCUT2D eigenvalue weighted by Gasteiger charge is 2.01. The van der Waals surface area contributed by atoms with E-state index in [1.807, 2.05) is 12.1 Å². The van der Waals surface area contributed by atoms with E-state index in [0.717, 1.165) is 30.4 Å². The highest BCUT2D eigenvalue weighted by molar-refractivity contribution is 14.0. The first-order valence-corrected chi connectivity index (χ1v) is 7.77. The summed E-state index contributed by atoms with van der Waals surface area (Å²) in [5.74, 6) is 2.29. The number of benzene rings is 1. The molecule has 0 spiro atoms. The van der Waals surface area contributed by atoms with E-state index in [0.29, 0.717) is 18.5 Å². The minimum Gasteiger partial charge on any atom is -0.493 e. The number of halogens is 1. The first kappa shape index (κ1) is 21.0. The Labute approximate surface area is 152 Å². The fourth-order valence-corrected chi connectivity index (χ4v) is 1.76. The van der Waals surface area contributed by atoms with Gasteiger partial charge in [0, 0.05) is 12.6 Å². The van der Waals surface area contributed by atoms with Crippen molar-refractivity contribution in [3.8, 4) is 5.75 Å². The Morgan fingerprint density at radius 3 is 2.55 bits per heavy atom. The summed E-state index contributed by atoms with van der Waals surface area (Å²) >= 11 is 0. The van der Waals surface area contributed by atoms with E-state index in [1.165, 1.54) is 0 Å². The third-order valence-electron chi connectivity index (χ3n) is 2.67. The lowest BCUT2D eigenvalue weighted by Gasteiger charge is -2.14. The predicted molar refractivity (Wildman–Crippen MR) is 105 cm³/mol. The molecule has 126 valence electrons. The molecule has 0 heterocycles. The molecule has 0 saturated carbocycles. The van der Waals surface area contributed by atoms with Gasteiger partial charge in [0.2, 0.25) is 0 Å². The molecule has 2 N–H and O–H groups in total. The summed E-state index contributed by atoms with van der Waals surface area (Å²) in [7, 11) is 0. The Morgan fingerprint density at radius 2 is 1.95 bits per heavy atom. The van der Waals surface area contributed by atoms with Crippen molar-refractivity contribution in [1.29, 1.82) is 0 Å². The third-order valence-corrected chi connectivity index (χ3v) is 2.67. The Balaban J connectivity index is 0.00000441. The predicted octanol–water partition coefficient (Wildman–Crippen LogP) is 3.80. The van der Waals surface area contributed by atoms with Gasteiger partial charge in [0.05, 0.1) is 13.2 Å². The molecule has 0 aromatic heterocycles. The summed E-state index contributed by atoms with van der Waals surface area (Å²) in [5.41, 5.74) is 1.15. The molecule has 0 atom stereocenters. The van der Waals surface area contributed by atoms with Crippen molar-refractivity contribution in [2.75, 3.05) is 13.2 Å². The summed E-state index contributed by atoms with van der Waals surface area (Å²) in [6, 6.07) is 8.51. The van der Waals surface area contributed by atoms with Crippen LogP contribution in [0.15, 0.2) is 29.3 Å². The van der Waals surface area contributed by atoms with E-state index in [-0.39, 0.29) is 24.0 Å². The number of nitrogens with one attached hydrogen (secondary N) is 2. The molecule has 0 radical (unpaired) electrons. The highest BCUT2D eigenvalue weighted by atomic mass is 127. The van der Waals surface area contributed by atoms with Gasteiger partial charge in [0.1, 0.15) is 5.75 Å². The van der Waals surface area contributed by atoms with Crippen molar-refractivity contribution < 1.29 is 4.74 Å². The van der Waals surface area contributed by atoms with Crippen LogP contribution in [0.4, 0.5) is 0 Å². The fraction of sp³-hybridized carbons (Fsp3) is 0.588. The van der Waals surface area contributed by atoms with Crippen molar-refractivity contribution in [1.82, 2.24) is 10.6 Å². The zero-order valence-electron chi connectivity index (χ0n) is 14.3. The van der Waals surface area contributed by atoms with Gasteiger partial charge in [-0.1, -0.05) is 26.0 Å². The molecule has 1 aromatic rings. The minimum absolute atomic E-state index is 0. The molecule has 0 saturated heterocycles. The van der Waals surface area contributed by atoms with Crippen LogP contribution in [0, 0.1) is 5.92 Å². The molecule has 0 amide bonds. The summed E-state index contributed by atoms with van der Waals surface area (Å²) in [5, 5.41) is 6.56. The number of hydrogen-bond donors (Lipinski definition) is 2. The molecule has 0 aliphatic rings. The molecule has 1 rings (SSSR count). The molecule has 0 unspecified atom stereocenters. The van der Waals surface area contributed by atoms with Crippen LogP contribution in [0.2, 0.25) is 0 Å². The molecular weight excluding hydrogens is 389 g/mol. The normalized spacial score (nSPS) is 11.3. The van der Waals surface area contributed by atoms with E-state index in [2.05, 4.69) is 62.4 Å². The van der Waals surface area contributed by atoms with Gasteiger partial charge in [0.15, 0.2) is 5.96 Å². The van der Waals surface area contributed by atoms with Gasteiger partial charge in [-0.3, -0.25) is 0 Å². The van der Waals surface area contributed by atoms with Crippen LogP contribution in [0.5, 0.6) is 5.75 Å². The Hall–Kier alpha value is -0.980. The fourth-order valence-electron chi connectivity index (χ4n) is 1.76. The monoisotopic (exact) mass is 419 g/mol. The zero-order valence-corrected chi connectivity index (χ0v) is 16.7. The maximum atomic E-state index is 5.75. The van der Waals surface area contributed by atoms with Crippen LogP contribution in [0.1, 0.15) is 40.2 Å². The molecule has 0 aliphatic carbocycles. The second-order valence-electron chi connectivity index (χ2n) is 5.85. The minimum atomic E-state index is 0. The zero-order chi connectivity index (χ0) is 15.7. The molecule has 1 aromatic carbocycles. The quantitative estimate of drug-likeness (QED) is 0.402. The van der Waals surface area contributed by atoms with Crippen molar-refractivity contribution >= 4 is 29.9 Å². The lowest BCUT2D eigenvalue weighted by Crippen LogP contribution is -2.40. The number of hydrogen-bond acceptors (Lipinski definition) is 2. The van der Waals surface area contributed by atoms with E-state index < -0.39 is 0 Å². The van der Waals surface area contributed by atoms with Crippen molar-refractivity contribution in [3.05, 3.63) is 29.8 Å². The van der Waals surface area contributed by atoms with Gasteiger partial charge in [-0.25, -0.2) is 4.99 Å². The molecule has 5 heteroatoms.